The fourth-order valence-corrected chi connectivity index (χ4v) is 6.85. The molecule has 61 heavy (non-hydrogen) atoms. The molecule has 0 rings (SSSR count). The topological polar surface area (TPSA) is 270 Å². The minimum Gasteiger partial charge on any atom is -0.550 e. The maximum Gasteiger partial charge on any atom is 0.198 e. The average molecular weight is 876 g/mol. The Hall–Kier alpha value is -3.45. The summed E-state index contributed by atoms with van der Waals surface area (Å²) >= 11 is 0. The van der Waals surface area contributed by atoms with Crippen LogP contribution in [0.1, 0.15) is 118 Å². The highest BCUT2D eigenvalue weighted by atomic mass is 16.4. The molecule has 17 nitrogen and oxygen atoms in total. The highest BCUT2D eigenvalue weighted by molar-refractivity contribution is 6.04. The van der Waals surface area contributed by atoms with E-state index in [1.807, 2.05) is 20.8 Å². The predicted octanol–water partition coefficient (Wildman–Crippen LogP) is -1.13. The Morgan fingerprint density at radius 1 is 0.590 bits per heavy atom. The van der Waals surface area contributed by atoms with E-state index in [0.29, 0.717) is 28.2 Å². The van der Waals surface area contributed by atoms with Crippen molar-refractivity contribution in [1.82, 2.24) is 0 Å². The van der Waals surface area contributed by atoms with Crippen LogP contribution in [0.25, 0.3) is 0 Å². The summed E-state index contributed by atoms with van der Waals surface area (Å²) in [6.07, 6.45) is 6.31. The second kappa shape index (κ2) is 27.6. The minimum atomic E-state index is -2.46. The van der Waals surface area contributed by atoms with Gasteiger partial charge < -0.3 is 63.6 Å². The Balaban J connectivity index is -0.000000845. The van der Waals surface area contributed by atoms with Crippen LogP contribution in [-0.2, 0) is 33.6 Å². The van der Waals surface area contributed by atoms with Crippen molar-refractivity contribution in [2.45, 2.75) is 147 Å². The molecule has 0 aromatic rings. The van der Waals surface area contributed by atoms with E-state index in [0.717, 1.165) is 38.2 Å². The van der Waals surface area contributed by atoms with Crippen LogP contribution in [0.2, 0.25) is 0 Å². The second-order valence-electron chi connectivity index (χ2n) is 19.3. The van der Waals surface area contributed by atoms with Crippen molar-refractivity contribution in [2.75, 3.05) is 76.5 Å². The quantitative estimate of drug-likeness (QED) is 0.0394. The van der Waals surface area contributed by atoms with Gasteiger partial charge in [0.2, 0.25) is 0 Å². The third-order valence-electron chi connectivity index (χ3n) is 9.63. The van der Waals surface area contributed by atoms with Gasteiger partial charge in [0.05, 0.1) is 69.5 Å². The van der Waals surface area contributed by atoms with E-state index in [1.165, 1.54) is 19.9 Å². The molecular weight excluding hydrogens is 794 g/mol. The number of aliphatic hydroxyl groups is 4. The summed E-state index contributed by atoms with van der Waals surface area (Å²) in [4.78, 5) is 82.1. The molecule has 0 spiro atoms. The Morgan fingerprint density at radius 3 is 1.21 bits per heavy atom. The highest BCUT2D eigenvalue weighted by Gasteiger charge is 2.55. The number of carboxylic acids is 3. The number of hydrogen-bond acceptors (Lipinski definition) is 14. The molecule has 6 unspecified atom stereocenters. The van der Waals surface area contributed by atoms with E-state index < -0.39 is 95.2 Å². The summed E-state index contributed by atoms with van der Waals surface area (Å²) in [6.45, 7) is 9.00. The number of unbranched alkanes of at least 4 members (excludes halogenated alkanes) is 5. The van der Waals surface area contributed by atoms with Gasteiger partial charge in [-0.3, -0.25) is 19.2 Å². The number of hydrogen-bond donors (Lipinski definition) is 4. The van der Waals surface area contributed by atoms with E-state index in [4.69, 9.17) is 0 Å². The molecule has 356 valence electrons. The van der Waals surface area contributed by atoms with Crippen LogP contribution in [-0.4, -0.2) is 180 Å². The fourth-order valence-electron chi connectivity index (χ4n) is 6.85. The molecule has 0 amide bonds. The molecule has 0 aliphatic heterocycles. The Bertz CT molecular complexity index is 1380. The minimum absolute atomic E-state index is 0.0753. The summed E-state index contributed by atoms with van der Waals surface area (Å²) in [6, 6.07) is -1.37. The van der Waals surface area contributed by atoms with Crippen LogP contribution in [0.3, 0.4) is 0 Å². The largest absolute Gasteiger partial charge is 0.550 e. The van der Waals surface area contributed by atoms with Gasteiger partial charge in [-0.25, -0.2) is 0 Å². The number of likely N-dealkylation sites (N-methyl/N-ethyl adjacent to an activating group) is 3. The summed E-state index contributed by atoms with van der Waals surface area (Å²) < 4.78 is 0.472. The van der Waals surface area contributed by atoms with Gasteiger partial charge in [-0.1, -0.05) is 65.9 Å². The van der Waals surface area contributed by atoms with Crippen LogP contribution >= 0.6 is 0 Å². The molecule has 0 heterocycles. The lowest BCUT2D eigenvalue weighted by molar-refractivity contribution is -0.892. The van der Waals surface area contributed by atoms with E-state index >= 15 is 0 Å². The molecule has 0 fully saturated rings. The normalized spacial score (nSPS) is 16.5. The lowest BCUT2D eigenvalue weighted by Gasteiger charge is -2.43. The van der Waals surface area contributed by atoms with Crippen molar-refractivity contribution in [1.29, 1.82) is 0 Å². The standard InChI is InChI=1S/C18H31NO6.2C13H25NO4/c1-7-8-9-10-14(21)18(25,11-15(22)23)17(19(4,5)6)16(24)12(2)13(3)20;2*1-5-6-7-8-11(15)13(18,9-12(16)17)10-14(2,3)4/h9-10,12-13,17,20,25H,7-8,11H2,1-6H3;2*18H,5-10H2,1-4H3. The van der Waals surface area contributed by atoms with Crippen molar-refractivity contribution in [3.05, 3.63) is 12.2 Å². The number of allylic oxidation sites excluding steroid dienone is 1. The van der Waals surface area contributed by atoms with Gasteiger partial charge in [0, 0.05) is 55.9 Å². The second-order valence-corrected chi connectivity index (χ2v) is 19.3. The molecule has 0 radical (unpaired) electrons. The lowest BCUT2D eigenvalue weighted by atomic mass is 9.78. The molecule has 0 saturated heterocycles. The number of rotatable bonds is 29. The van der Waals surface area contributed by atoms with Gasteiger partial charge >= 0.3 is 0 Å². The molecule has 6 atom stereocenters. The van der Waals surface area contributed by atoms with Gasteiger partial charge in [0.1, 0.15) is 13.1 Å². The zero-order valence-electron chi connectivity index (χ0n) is 39.7. The number of aliphatic carboxylic acids is 3. The molecule has 17 heteroatoms. The van der Waals surface area contributed by atoms with E-state index in [-0.39, 0.29) is 30.4 Å². The summed E-state index contributed by atoms with van der Waals surface area (Å²) in [5.41, 5.74) is -6.09. The molecule has 0 aromatic heterocycles. The number of ketones is 4. The number of carbonyl (C=O) groups is 7. The highest BCUT2D eigenvalue weighted by Crippen LogP contribution is 2.29. The zero-order valence-corrected chi connectivity index (χ0v) is 39.7. The molecular formula is C44H81N3O14. The summed E-state index contributed by atoms with van der Waals surface area (Å²) in [5, 5.41) is 73.9. The third-order valence-corrected chi connectivity index (χ3v) is 9.63. The number of carboxylic acid groups (broad SMARTS) is 3. The first-order valence-corrected chi connectivity index (χ1v) is 21.2. The molecule has 0 bridgehead atoms. The van der Waals surface area contributed by atoms with Gasteiger partial charge in [0.15, 0.2) is 46.0 Å². The summed E-state index contributed by atoms with van der Waals surface area (Å²) in [5.74, 6) is -7.51. The SMILES string of the molecule is CCCC=CC(=O)C(O)(CC(=O)[O-])C(C(=O)C(C)C(C)O)[N+](C)(C)C.CCCCCC(=O)C(O)(CC(=O)[O-])C[N+](C)(C)C.CCCCCC(=O)C(O)(CC(=O)[O-])C[N+](C)(C)C. The third kappa shape index (κ3) is 25.9. The molecule has 0 aromatic carbocycles. The van der Waals surface area contributed by atoms with Gasteiger partial charge in [-0.15, -0.1) is 0 Å². The van der Waals surface area contributed by atoms with Gasteiger partial charge in [-0.05, 0) is 32.3 Å². The van der Waals surface area contributed by atoms with E-state index in [2.05, 4.69) is 0 Å². The van der Waals surface area contributed by atoms with Crippen LogP contribution in [0.5, 0.6) is 0 Å². The number of aliphatic hydroxyl groups excluding tert-OH is 1. The monoisotopic (exact) mass is 876 g/mol. The predicted molar refractivity (Wildman–Crippen MR) is 225 cm³/mol. The van der Waals surface area contributed by atoms with Crippen LogP contribution in [0.4, 0.5) is 0 Å². The molecule has 0 aliphatic carbocycles. The average Bonchev–Trinajstić information content (AvgIpc) is 3.05. The van der Waals surface area contributed by atoms with Crippen LogP contribution < -0.4 is 15.3 Å². The van der Waals surface area contributed by atoms with Crippen molar-refractivity contribution >= 4 is 41.0 Å². The number of Topliss-reactive ketones (excluding diaryl/α,β-unsaturated/α-hetero) is 3. The zero-order chi connectivity index (χ0) is 48.8. The van der Waals surface area contributed by atoms with E-state index in [9.17, 15) is 69.3 Å². The molecule has 0 saturated carbocycles. The first kappa shape index (κ1) is 61.8. The van der Waals surface area contributed by atoms with Crippen molar-refractivity contribution in [3.8, 4) is 0 Å². The van der Waals surface area contributed by atoms with Crippen molar-refractivity contribution in [2.24, 2.45) is 5.92 Å². The van der Waals surface area contributed by atoms with E-state index in [1.54, 1.807) is 63.4 Å². The number of nitrogens with zero attached hydrogens (tertiary/aromatic N) is 3. The van der Waals surface area contributed by atoms with Crippen molar-refractivity contribution < 1.29 is 82.8 Å². The van der Waals surface area contributed by atoms with Crippen LogP contribution in [0.15, 0.2) is 12.2 Å². The molecule has 4 N–H and O–H groups in total. The first-order chi connectivity index (χ1) is 27.5. The Morgan fingerprint density at radius 2 is 0.951 bits per heavy atom. The maximum absolute atomic E-state index is 12.9. The number of carbonyl (C=O) groups excluding carboxylic acids is 7. The maximum atomic E-state index is 12.9. The summed E-state index contributed by atoms with van der Waals surface area (Å²) in [7, 11) is 15.6. The number of quaternary nitrogens is 3. The first-order valence-electron chi connectivity index (χ1n) is 21.2. The fraction of sp³-hybridized carbons (Fsp3) is 0.795. The smallest absolute Gasteiger partial charge is 0.198 e. The Labute approximate surface area is 364 Å². The lowest BCUT2D eigenvalue weighted by Crippen LogP contribution is -2.68. The molecule has 0 aliphatic rings. The van der Waals surface area contributed by atoms with Gasteiger partial charge in [-0.2, -0.15) is 0 Å². The van der Waals surface area contributed by atoms with Crippen LogP contribution in [0, 0.1) is 5.92 Å². The van der Waals surface area contributed by atoms with Crippen molar-refractivity contribution in [3.63, 3.8) is 0 Å². The Kier molecular flexibility index (Phi) is 28.0. The van der Waals surface area contributed by atoms with Gasteiger partial charge in [0.25, 0.3) is 0 Å².